The number of rotatable bonds is 4. The molecule has 0 unspecified atom stereocenters. The fourth-order valence-electron chi connectivity index (χ4n) is 2.26. The van der Waals surface area contributed by atoms with E-state index in [2.05, 4.69) is 15.3 Å². The van der Waals surface area contributed by atoms with Crippen LogP contribution in [0.5, 0.6) is 11.5 Å². The van der Waals surface area contributed by atoms with E-state index in [1.54, 1.807) is 0 Å². The summed E-state index contributed by atoms with van der Waals surface area (Å²) in [6.45, 7) is 0. The Balaban J connectivity index is 1.94. The number of aromatic nitrogens is 2. The molecule has 0 aliphatic carbocycles. The van der Waals surface area contributed by atoms with Crippen molar-refractivity contribution in [1.82, 2.24) is 9.97 Å². The zero-order valence-corrected chi connectivity index (χ0v) is 15.6. The second-order valence-electron chi connectivity index (χ2n) is 5.52. The first kappa shape index (κ1) is 20.8. The highest BCUT2D eigenvalue weighted by Crippen LogP contribution is 2.36. The van der Waals surface area contributed by atoms with Crippen molar-refractivity contribution in [3.05, 3.63) is 76.0 Å². The van der Waals surface area contributed by atoms with Gasteiger partial charge in [0.05, 0.1) is 10.7 Å². The van der Waals surface area contributed by atoms with E-state index >= 15 is 0 Å². The number of nitrogens with one attached hydrogen (secondary N) is 1. The smallest absolute Gasteiger partial charge is 0.435 e. The normalized spacial score (nSPS) is 11.2. The molecule has 29 heavy (non-hydrogen) atoms. The summed E-state index contributed by atoms with van der Waals surface area (Å²) in [6, 6.07) is 7.41. The predicted octanol–water partition coefficient (Wildman–Crippen LogP) is 5.99. The third kappa shape index (κ3) is 4.93. The fraction of sp³-hybridized carbons (Fsp3) is 0.0556. The molecule has 0 atom stereocenters. The van der Waals surface area contributed by atoms with E-state index in [1.807, 2.05) is 0 Å². The number of nitrogens with zero attached hydrogens (tertiary/aromatic N) is 2. The van der Waals surface area contributed by atoms with Crippen LogP contribution in [0, 0.1) is 5.82 Å². The predicted molar refractivity (Wildman–Crippen MR) is 97.9 cm³/mol. The lowest BCUT2D eigenvalue weighted by atomic mass is 10.2. The molecule has 3 rings (SSSR count). The van der Waals surface area contributed by atoms with Gasteiger partial charge in [-0.2, -0.15) is 13.2 Å². The van der Waals surface area contributed by atoms with Crippen molar-refractivity contribution >= 4 is 34.8 Å². The molecular formula is C18H9Cl2F4N3O2. The van der Waals surface area contributed by atoms with Gasteiger partial charge in [0.2, 0.25) is 0 Å². The van der Waals surface area contributed by atoms with Gasteiger partial charge >= 0.3 is 6.18 Å². The number of anilines is 1. The topological polar surface area (TPSA) is 64.1 Å². The molecule has 1 heterocycles. The van der Waals surface area contributed by atoms with Gasteiger partial charge in [0.25, 0.3) is 5.91 Å². The molecule has 0 saturated carbocycles. The van der Waals surface area contributed by atoms with E-state index in [0.29, 0.717) is 5.02 Å². The Hall–Kier alpha value is -2.91. The highest BCUT2D eigenvalue weighted by atomic mass is 35.5. The van der Waals surface area contributed by atoms with Crippen LogP contribution in [0.15, 0.2) is 48.8 Å². The Labute approximate surface area is 171 Å². The average molecular weight is 446 g/mol. The fourth-order valence-corrected chi connectivity index (χ4v) is 2.71. The molecule has 0 aliphatic rings. The Morgan fingerprint density at radius 3 is 2.38 bits per heavy atom. The quantitative estimate of drug-likeness (QED) is 0.501. The monoisotopic (exact) mass is 445 g/mol. The van der Waals surface area contributed by atoms with Gasteiger partial charge in [0.1, 0.15) is 11.6 Å². The third-order valence-electron chi connectivity index (χ3n) is 3.49. The molecule has 1 N–H and O–H groups in total. The lowest BCUT2D eigenvalue weighted by Crippen LogP contribution is -2.22. The summed E-state index contributed by atoms with van der Waals surface area (Å²) in [7, 11) is 0. The molecule has 5 nitrogen and oxygen atoms in total. The van der Waals surface area contributed by atoms with Gasteiger partial charge in [-0.1, -0.05) is 23.2 Å². The first-order chi connectivity index (χ1) is 13.6. The maximum Gasteiger partial charge on any atom is 0.435 e. The summed E-state index contributed by atoms with van der Waals surface area (Å²) < 4.78 is 58.4. The zero-order valence-electron chi connectivity index (χ0n) is 14.1. The van der Waals surface area contributed by atoms with Crippen molar-refractivity contribution < 1.29 is 27.1 Å². The number of alkyl halides is 3. The molecule has 0 saturated heterocycles. The number of benzene rings is 2. The van der Waals surface area contributed by atoms with Crippen molar-refractivity contribution in [2.24, 2.45) is 0 Å². The molecule has 0 bridgehead atoms. The Morgan fingerprint density at radius 1 is 1.00 bits per heavy atom. The van der Waals surface area contributed by atoms with Gasteiger partial charge in [-0.05, 0) is 30.3 Å². The zero-order chi connectivity index (χ0) is 21.2. The summed E-state index contributed by atoms with van der Waals surface area (Å²) in [5.74, 6) is -1.94. The van der Waals surface area contributed by atoms with E-state index in [-0.39, 0.29) is 22.2 Å². The highest BCUT2D eigenvalue weighted by molar-refractivity contribution is 6.35. The van der Waals surface area contributed by atoms with Gasteiger partial charge in [-0.25, -0.2) is 14.4 Å². The molecule has 0 fully saturated rings. The summed E-state index contributed by atoms with van der Waals surface area (Å²) in [6.07, 6.45) is -3.17. The molecule has 0 radical (unpaired) electrons. The van der Waals surface area contributed by atoms with E-state index in [0.717, 1.165) is 24.5 Å². The number of halogens is 6. The van der Waals surface area contributed by atoms with Gasteiger partial charge in [0.15, 0.2) is 17.1 Å². The van der Waals surface area contributed by atoms with Crippen molar-refractivity contribution in [1.29, 1.82) is 0 Å². The van der Waals surface area contributed by atoms with E-state index in [9.17, 15) is 22.4 Å². The molecule has 1 aromatic heterocycles. The number of amides is 1. The van der Waals surface area contributed by atoms with Crippen LogP contribution < -0.4 is 10.1 Å². The van der Waals surface area contributed by atoms with Gasteiger partial charge < -0.3 is 10.1 Å². The lowest BCUT2D eigenvalue weighted by molar-refractivity contribution is -0.141. The van der Waals surface area contributed by atoms with Crippen LogP contribution in [-0.2, 0) is 6.18 Å². The van der Waals surface area contributed by atoms with Crippen LogP contribution >= 0.6 is 23.2 Å². The third-order valence-corrected chi connectivity index (χ3v) is 4.02. The number of hydrogen-bond donors (Lipinski definition) is 1. The average Bonchev–Trinajstić information content (AvgIpc) is 2.65. The molecule has 2 aromatic carbocycles. The van der Waals surface area contributed by atoms with Crippen LogP contribution in [0.2, 0.25) is 10.0 Å². The second-order valence-corrected chi connectivity index (χ2v) is 6.37. The SMILES string of the molecule is O=C(Nc1cc(F)ccc1Oc1ccc(Cl)cc1Cl)c1nccnc1C(F)(F)F. The lowest BCUT2D eigenvalue weighted by Gasteiger charge is -2.14. The first-order valence-corrected chi connectivity index (χ1v) is 8.53. The number of carbonyl (C=O) groups is 1. The van der Waals surface area contributed by atoms with Crippen molar-refractivity contribution in [3.8, 4) is 11.5 Å². The van der Waals surface area contributed by atoms with Crippen molar-refractivity contribution in [2.45, 2.75) is 6.18 Å². The maximum atomic E-state index is 13.7. The second kappa shape index (κ2) is 8.22. The number of carbonyl (C=O) groups excluding carboxylic acids is 1. The molecule has 3 aromatic rings. The molecule has 11 heteroatoms. The van der Waals surface area contributed by atoms with Crippen LogP contribution in [0.4, 0.5) is 23.2 Å². The molecule has 1 amide bonds. The van der Waals surface area contributed by atoms with Crippen LogP contribution in [0.25, 0.3) is 0 Å². The Morgan fingerprint density at radius 2 is 1.69 bits per heavy atom. The molecule has 150 valence electrons. The molecular weight excluding hydrogens is 437 g/mol. The largest absolute Gasteiger partial charge is 0.454 e. The Kier molecular flexibility index (Phi) is 5.90. The van der Waals surface area contributed by atoms with Crippen LogP contribution in [-0.4, -0.2) is 15.9 Å². The van der Waals surface area contributed by atoms with Gasteiger partial charge in [-0.3, -0.25) is 4.79 Å². The van der Waals surface area contributed by atoms with Crippen molar-refractivity contribution in [3.63, 3.8) is 0 Å². The molecule has 0 spiro atoms. The van der Waals surface area contributed by atoms with Gasteiger partial charge in [-0.15, -0.1) is 0 Å². The minimum absolute atomic E-state index is 0.0681. The summed E-state index contributed by atoms with van der Waals surface area (Å²) >= 11 is 11.8. The first-order valence-electron chi connectivity index (χ1n) is 7.77. The maximum absolute atomic E-state index is 13.7. The standard InChI is InChI=1S/C18H9Cl2F4N3O2/c19-9-1-3-13(11(20)7-9)29-14-4-2-10(21)8-12(14)27-17(28)15-16(18(22,23)24)26-6-5-25-15/h1-8H,(H,27,28). The van der Waals surface area contributed by atoms with Crippen LogP contribution in [0.1, 0.15) is 16.2 Å². The number of ether oxygens (including phenoxy) is 1. The van der Waals surface area contributed by atoms with E-state index in [4.69, 9.17) is 27.9 Å². The Bertz CT molecular complexity index is 1080. The molecule has 0 aliphatic heterocycles. The summed E-state index contributed by atoms with van der Waals surface area (Å²) in [5.41, 5.74) is -2.68. The van der Waals surface area contributed by atoms with Gasteiger partial charge in [0, 0.05) is 23.5 Å². The highest BCUT2D eigenvalue weighted by Gasteiger charge is 2.38. The minimum atomic E-state index is -4.90. The number of hydrogen-bond acceptors (Lipinski definition) is 4. The van der Waals surface area contributed by atoms with Crippen molar-refractivity contribution in [2.75, 3.05) is 5.32 Å². The summed E-state index contributed by atoms with van der Waals surface area (Å²) in [5, 5.41) is 2.63. The van der Waals surface area contributed by atoms with E-state index in [1.165, 1.54) is 24.3 Å². The summed E-state index contributed by atoms with van der Waals surface area (Å²) in [4.78, 5) is 19.0. The minimum Gasteiger partial charge on any atom is -0.454 e. The van der Waals surface area contributed by atoms with E-state index < -0.39 is 29.3 Å². The van der Waals surface area contributed by atoms with Crippen LogP contribution in [0.3, 0.4) is 0 Å².